The van der Waals surface area contributed by atoms with Gasteiger partial charge in [0.1, 0.15) is 23.0 Å². The molecule has 2 heterocycles. The summed E-state index contributed by atoms with van der Waals surface area (Å²) in [4.78, 5) is 17.0. The standard InChI is InChI=1S/C20H16F2N2O2S.C2H6/c1-3-13(9-12(2)16-10-23-11-26-16)17-7-8-18(27-17)24-20(25)19-14(21)5-4-6-15(19)22;1-2/h3-11H,1-2H3,(H,24,25);1-2H3/b12-9+,13-3+;. The van der Waals surface area contributed by atoms with Gasteiger partial charge in [0.15, 0.2) is 6.39 Å². The molecule has 0 saturated heterocycles. The second-order valence-electron chi connectivity index (χ2n) is 5.65. The van der Waals surface area contributed by atoms with Crippen molar-refractivity contribution < 1.29 is 18.0 Å². The van der Waals surface area contributed by atoms with Gasteiger partial charge in [-0.3, -0.25) is 4.79 Å². The summed E-state index contributed by atoms with van der Waals surface area (Å²) in [6.45, 7) is 7.80. The molecule has 3 aromatic rings. The SMILES string of the molecule is C/C=C(\C=C(/C)c1cnco1)c1ccc(NC(=O)c2c(F)cccc2F)s1.CC. The summed E-state index contributed by atoms with van der Waals surface area (Å²) in [7, 11) is 0. The Morgan fingerprint density at radius 3 is 2.45 bits per heavy atom. The highest BCUT2D eigenvalue weighted by molar-refractivity contribution is 7.17. The molecular weight excluding hydrogens is 394 g/mol. The van der Waals surface area contributed by atoms with E-state index < -0.39 is 23.1 Å². The number of hydrogen-bond acceptors (Lipinski definition) is 4. The molecule has 2 aromatic heterocycles. The number of rotatable bonds is 5. The second-order valence-corrected chi connectivity index (χ2v) is 6.74. The summed E-state index contributed by atoms with van der Waals surface area (Å²) >= 11 is 1.30. The van der Waals surface area contributed by atoms with Crippen LogP contribution in [0.25, 0.3) is 11.1 Å². The van der Waals surface area contributed by atoms with Crippen LogP contribution in [0.1, 0.15) is 48.7 Å². The first-order chi connectivity index (χ1) is 14.0. The number of thiophene rings is 1. The molecule has 0 saturated carbocycles. The van der Waals surface area contributed by atoms with E-state index in [9.17, 15) is 13.6 Å². The Morgan fingerprint density at radius 1 is 1.17 bits per heavy atom. The van der Waals surface area contributed by atoms with Crippen LogP contribution in [0.4, 0.5) is 13.8 Å². The van der Waals surface area contributed by atoms with Crippen molar-refractivity contribution in [3.63, 3.8) is 0 Å². The summed E-state index contributed by atoms with van der Waals surface area (Å²) in [6, 6.07) is 6.83. The van der Waals surface area contributed by atoms with Crippen LogP contribution in [0.5, 0.6) is 0 Å². The first kappa shape index (κ1) is 22.2. The number of benzene rings is 1. The molecule has 0 radical (unpaired) electrons. The number of carbonyl (C=O) groups is 1. The van der Waals surface area contributed by atoms with Gasteiger partial charge in [-0.1, -0.05) is 26.0 Å². The minimum Gasteiger partial charge on any atom is -0.444 e. The number of amides is 1. The van der Waals surface area contributed by atoms with Crippen LogP contribution < -0.4 is 5.32 Å². The Bertz CT molecular complexity index is 1000. The molecule has 0 fully saturated rings. The summed E-state index contributed by atoms with van der Waals surface area (Å²) < 4.78 is 32.8. The molecule has 1 N–H and O–H groups in total. The molecule has 4 nitrogen and oxygen atoms in total. The van der Waals surface area contributed by atoms with Crippen LogP contribution >= 0.6 is 11.3 Å². The number of allylic oxidation sites excluding steroid dienone is 4. The number of halogens is 2. The van der Waals surface area contributed by atoms with E-state index in [0.717, 1.165) is 28.2 Å². The van der Waals surface area contributed by atoms with Gasteiger partial charge in [-0.25, -0.2) is 13.8 Å². The maximum Gasteiger partial charge on any atom is 0.262 e. The molecular formula is C22H22F2N2O2S. The molecule has 0 aliphatic carbocycles. The van der Waals surface area contributed by atoms with Crippen LogP contribution in [0.2, 0.25) is 0 Å². The fourth-order valence-corrected chi connectivity index (χ4v) is 3.41. The predicted octanol–water partition coefficient (Wildman–Crippen LogP) is 6.80. The lowest BCUT2D eigenvalue weighted by Crippen LogP contribution is -2.14. The highest BCUT2D eigenvalue weighted by Crippen LogP contribution is 2.31. The third-order valence-electron chi connectivity index (χ3n) is 3.82. The number of nitrogens with zero attached hydrogens (tertiary/aromatic N) is 1. The predicted molar refractivity (Wildman–Crippen MR) is 114 cm³/mol. The Morgan fingerprint density at radius 2 is 1.86 bits per heavy atom. The van der Waals surface area contributed by atoms with E-state index in [1.807, 2.05) is 45.9 Å². The monoisotopic (exact) mass is 416 g/mol. The summed E-state index contributed by atoms with van der Waals surface area (Å²) in [5, 5.41) is 3.03. The van der Waals surface area contributed by atoms with E-state index >= 15 is 0 Å². The van der Waals surface area contributed by atoms with Gasteiger partial charge in [-0.2, -0.15) is 0 Å². The normalized spacial score (nSPS) is 11.7. The zero-order valence-electron chi connectivity index (χ0n) is 16.6. The Balaban J connectivity index is 0.00000145. The van der Waals surface area contributed by atoms with Crippen LogP contribution in [0.3, 0.4) is 0 Å². The van der Waals surface area contributed by atoms with Crippen molar-refractivity contribution in [2.24, 2.45) is 0 Å². The molecule has 0 aliphatic heterocycles. The van der Waals surface area contributed by atoms with Crippen molar-refractivity contribution in [3.8, 4) is 0 Å². The first-order valence-electron chi connectivity index (χ1n) is 9.08. The van der Waals surface area contributed by atoms with Gasteiger partial charge in [-0.15, -0.1) is 11.3 Å². The van der Waals surface area contributed by atoms with E-state index in [-0.39, 0.29) is 0 Å². The average Bonchev–Trinajstić information content (AvgIpc) is 3.40. The lowest BCUT2D eigenvalue weighted by molar-refractivity contribution is 0.101. The number of hydrogen-bond donors (Lipinski definition) is 1. The highest BCUT2D eigenvalue weighted by atomic mass is 32.1. The summed E-state index contributed by atoms with van der Waals surface area (Å²) in [5.41, 5.74) is 1.22. The fourth-order valence-electron chi connectivity index (χ4n) is 2.46. The fraction of sp³-hybridized carbons (Fsp3) is 0.182. The molecule has 1 aromatic carbocycles. The summed E-state index contributed by atoms with van der Waals surface area (Å²) in [6.07, 6.45) is 6.85. The zero-order valence-corrected chi connectivity index (χ0v) is 17.4. The third-order valence-corrected chi connectivity index (χ3v) is 4.87. The van der Waals surface area contributed by atoms with Gasteiger partial charge in [0.05, 0.1) is 11.2 Å². The number of oxazole rings is 1. The Kier molecular flexibility index (Phi) is 8.03. The highest BCUT2D eigenvalue weighted by Gasteiger charge is 2.18. The molecule has 0 atom stereocenters. The minimum atomic E-state index is -0.899. The number of aromatic nitrogens is 1. The Labute approximate surface area is 172 Å². The van der Waals surface area contributed by atoms with E-state index in [2.05, 4.69) is 10.3 Å². The average molecular weight is 416 g/mol. The molecule has 0 unspecified atom stereocenters. The van der Waals surface area contributed by atoms with Gasteiger partial charge in [0.25, 0.3) is 5.91 Å². The number of carbonyl (C=O) groups excluding carboxylic acids is 1. The van der Waals surface area contributed by atoms with Crippen molar-refractivity contribution in [2.45, 2.75) is 27.7 Å². The maximum atomic E-state index is 13.7. The topological polar surface area (TPSA) is 55.1 Å². The molecule has 7 heteroatoms. The van der Waals surface area contributed by atoms with Gasteiger partial charge in [-0.05, 0) is 55.3 Å². The smallest absolute Gasteiger partial charge is 0.262 e. The molecule has 29 heavy (non-hydrogen) atoms. The lowest BCUT2D eigenvalue weighted by atomic mass is 10.1. The van der Waals surface area contributed by atoms with Crippen molar-refractivity contribution in [2.75, 3.05) is 5.32 Å². The second kappa shape index (κ2) is 10.5. The molecule has 0 aliphatic rings. The van der Waals surface area contributed by atoms with E-state index in [4.69, 9.17) is 4.42 Å². The van der Waals surface area contributed by atoms with Crippen LogP contribution in [-0.4, -0.2) is 10.9 Å². The van der Waals surface area contributed by atoms with E-state index in [1.165, 1.54) is 23.8 Å². The van der Waals surface area contributed by atoms with Crippen molar-refractivity contribution >= 4 is 33.4 Å². The van der Waals surface area contributed by atoms with Crippen LogP contribution in [-0.2, 0) is 0 Å². The molecule has 0 spiro atoms. The van der Waals surface area contributed by atoms with Crippen LogP contribution in [0, 0.1) is 11.6 Å². The quantitative estimate of drug-likeness (QED) is 0.465. The molecule has 3 rings (SSSR count). The van der Waals surface area contributed by atoms with E-state index in [0.29, 0.717) is 10.8 Å². The Hall–Kier alpha value is -3.06. The number of anilines is 1. The lowest BCUT2D eigenvalue weighted by Gasteiger charge is -2.05. The first-order valence-corrected chi connectivity index (χ1v) is 9.90. The largest absolute Gasteiger partial charge is 0.444 e. The van der Waals surface area contributed by atoms with Gasteiger partial charge in [0.2, 0.25) is 0 Å². The molecule has 1 amide bonds. The number of nitrogens with one attached hydrogen (secondary N) is 1. The van der Waals surface area contributed by atoms with Crippen molar-refractivity contribution in [1.82, 2.24) is 4.98 Å². The third kappa shape index (κ3) is 5.48. The molecule has 152 valence electrons. The van der Waals surface area contributed by atoms with Crippen molar-refractivity contribution in [1.29, 1.82) is 0 Å². The van der Waals surface area contributed by atoms with Gasteiger partial charge >= 0.3 is 0 Å². The van der Waals surface area contributed by atoms with Gasteiger partial charge in [0, 0.05) is 4.88 Å². The van der Waals surface area contributed by atoms with Gasteiger partial charge < -0.3 is 9.73 Å². The maximum absolute atomic E-state index is 13.7. The van der Waals surface area contributed by atoms with E-state index in [1.54, 1.807) is 12.3 Å². The summed E-state index contributed by atoms with van der Waals surface area (Å²) in [5.74, 6) is -1.96. The zero-order chi connectivity index (χ0) is 21.4. The molecule has 0 bridgehead atoms. The minimum absolute atomic E-state index is 0.489. The van der Waals surface area contributed by atoms with Crippen LogP contribution in [0.15, 0.2) is 59.5 Å². The van der Waals surface area contributed by atoms with Crippen molar-refractivity contribution in [3.05, 3.63) is 82.9 Å².